The molecular weight excluding hydrogens is 325 g/mol. The minimum atomic E-state index is -4.43. The summed E-state index contributed by atoms with van der Waals surface area (Å²) in [5.74, 6) is 0. The summed E-state index contributed by atoms with van der Waals surface area (Å²) in [5.41, 5.74) is 3.94. The van der Waals surface area contributed by atoms with Gasteiger partial charge in [0.05, 0.1) is 11.1 Å². The van der Waals surface area contributed by atoms with E-state index in [4.69, 9.17) is 0 Å². The van der Waals surface area contributed by atoms with E-state index >= 15 is 0 Å². The predicted molar refractivity (Wildman–Crippen MR) is 93.5 cm³/mol. The number of fused-ring (bicyclic) bond motifs is 2. The molecule has 0 fully saturated rings. The fourth-order valence-electron chi connectivity index (χ4n) is 3.41. The highest BCUT2D eigenvalue weighted by Gasteiger charge is 2.33. The van der Waals surface area contributed by atoms with Gasteiger partial charge in [0.15, 0.2) is 0 Å². The summed E-state index contributed by atoms with van der Waals surface area (Å²) in [6.07, 6.45) is -2.99. The number of pyridine rings is 1. The SMILES string of the molecule is Cc1ccc2[nH]c(C)c(-c3ccnc4c(C(F)(F)F)cccc34)c2c1. The minimum absolute atomic E-state index is 0.0195. The number of hydrogen-bond acceptors (Lipinski definition) is 1. The molecule has 2 aromatic carbocycles. The van der Waals surface area contributed by atoms with E-state index in [1.54, 1.807) is 12.1 Å². The number of aryl methyl sites for hydroxylation is 2. The van der Waals surface area contributed by atoms with E-state index in [1.165, 1.54) is 12.3 Å². The van der Waals surface area contributed by atoms with Crippen molar-refractivity contribution in [3.05, 3.63) is 65.5 Å². The summed E-state index contributed by atoms with van der Waals surface area (Å²) in [7, 11) is 0. The van der Waals surface area contributed by atoms with E-state index in [-0.39, 0.29) is 5.52 Å². The maximum atomic E-state index is 13.3. The summed E-state index contributed by atoms with van der Waals surface area (Å²) >= 11 is 0. The van der Waals surface area contributed by atoms with E-state index in [0.29, 0.717) is 5.39 Å². The first-order chi connectivity index (χ1) is 11.9. The van der Waals surface area contributed by atoms with Gasteiger partial charge >= 0.3 is 6.18 Å². The molecule has 1 N–H and O–H groups in total. The van der Waals surface area contributed by atoms with Crippen molar-refractivity contribution in [1.29, 1.82) is 0 Å². The highest BCUT2D eigenvalue weighted by molar-refractivity contribution is 6.06. The van der Waals surface area contributed by atoms with Gasteiger partial charge in [-0.3, -0.25) is 4.98 Å². The van der Waals surface area contributed by atoms with Gasteiger partial charge in [-0.05, 0) is 43.7 Å². The first-order valence-corrected chi connectivity index (χ1v) is 7.90. The Kier molecular flexibility index (Phi) is 3.35. The fourth-order valence-corrected chi connectivity index (χ4v) is 3.41. The lowest BCUT2D eigenvalue weighted by atomic mass is 9.96. The molecule has 0 saturated carbocycles. The third-order valence-corrected chi connectivity index (χ3v) is 4.49. The number of hydrogen-bond donors (Lipinski definition) is 1. The molecule has 2 nitrogen and oxygen atoms in total. The van der Waals surface area contributed by atoms with Gasteiger partial charge in [-0.2, -0.15) is 13.2 Å². The first kappa shape index (κ1) is 15.7. The molecule has 0 saturated heterocycles. The Bertz CT molecular complexity index is 1110. The maximum absolute atomic E-state index is 13.3. The zero-order valence-corrected chi connectivity index (χ0v) is 13.7. The van der Waals surface area contributed by atoms with Gasteiger partial charge in [0, 0.05) is 33.7 Å². The Morgan fingerprint density at radius 1 is 0.960 bits per heavy atom. The Morgan fingerprint density at radius 2 is 1.76 bits per heavy atom. The Labute approximate surface area is 142 Å². The average molecular weight is 340 g/mol. The molecule has 0 unspecified atom stereocenters. The second-order valence-corrected chi connectivity index (χ2v) is 6.23. The molecule has 0 spiro atoms. The van der Waals surface area contributed by atoms with Crippen molar-refractivity contribution in [2.75, 3.05) is 0 Å². The molecule has 0 amide bonds. The number of benzene rings is 2. The smallest absolute Gasteiger partial charge is 0.358 e. The van der Waals surface area contributed by atoms with E-state index < -0.39 is 11.7 Å². The van der Waals surface area contributed by atoms with Gasteiger partial charge < -0.3 is 4.98 Å². The summed E-state index contributed by atoms with van der Waals surface area (Å²) in [4.78, 5) is 7.33. The van der Waals surface area contributed by atoms with Crippen molar-refractivity contribution in [2.24, 2.45) is 0 Å². The second-order valence-electron chi connectivity index (χ2n) is 6.23. The van der Waals surface area contributed by atoms with Gasteiger partial charge in [-0.1, -0.05) is 23.8 Å². The number of para-hydroxylation sites is 1. The zero-order chi connectivity index (χ0) is 17.8. The van der Waals surface area contributed by atoms with Gasteiger partial charge in [0.1, 0.15) is 0 Å². The lowest BCUT2D eigenvalue weighted by molar-refractivity contribution is -0.136. The van der Waals surface area contributed by atoms with Gasteiger partial charge in [-0.15, -0.1) is 0 Å². The van der Waals surface area contributed by atoms with Crippen LogP contribution in [0.1, 0.15) is 16.8 Å². The van der Waals surface area contributed by atoms with Crippen LogP contribution in [0.25, 0.3) is 32.9 Å². The van der Waals surface area contributed by atoms with Crippen molar-refractivity contribution in [3.8, 4) is 11.1 Å². The van der Waals surface area contributed by atoms with Crippen molar-refractivity contribution in [2.45, 2.75) is 20.0 Å². The summed E-state index contributed by atoms with van der Waals surface area (Å²) in [6.45, 7) is 3.93. The van der Waals surface area contributed by atoms with Crippen molar-refractivity contribution in [3.63, 3.8) is 0 Å². The molecule has 0 aliphatic heterocycles. The van der Waals surface area contributed by atoms with Crippen LogP contribution in [0.5, 0.6) is 0 Å². The van der Waals surface area contributed by atoms with E-state index in [0.717, 1.165) is 39.4 Å². The molecule has 25 heavy (non-hydrogen) atoms. The molecule has 0 bridgehead atoms. The topological polar surface area (TPSA) is 28.7 Å². The molecule has 0 aliphatic rings. The molecule has 5 heteroatoms. The molecule has 126 valence electrons. The molecule has 0 radical (unpaired) electrons. The van der Waals surface area contributed by atoms with Crippen LogP contribution in [0.4, 0.5) is 13.2 Å². The van der Waals surface area contributed by atoms with Gasteiger partial charge in [-0.25, -0.2) is 0 Å². The molecule has 0 atom stereocenters. The monoisotopic (exact) mass is 340 g/mol. The highest BCUT2D eigenvalue weighted by atomic mass is 19.4. The Morgan fingerprint density at radius 3 is 2.52 bits per heavy atom. The summed E-state index contributed by atoms with van der Waals surface area (Å²) in [6, 6.07) is 12.0. The van der Waals surface area contributed by atoms with Crippen LogP contribution >= 0.6 is 0 Å². The summed E-state index contributed by atoms with van der Waals surface area (Å²) < 4.78 is 40.0. The summed E-state index contributed by atoms with van der Waals surface area (Å²) in [5, 5.41) is 1.50. The molecule has 2 heterocycles. The maximum Gasteiger partial charge on any atom is 0.418 e. The standard InChI is InChI=1S/C20H15F3N2/c1-11-6-7-17-15(10-11)18(12(2)25-17)13-8-9-24-19-14(13)4-3-5-16(19)20(21,22)23/h3-10,25H,1-2H3. The molecular formula is C20H15F3N2. The van der Waals surface area contributed by atoms with Crippen LogP contribution in [0.15, 0.2) is 48.7 Å². The van der Waals surface area contributed by atoms with Gasteiger partial charge in [0.25, 0.3) is 0 Å². The fraction of sp³-hybridized carbons (Fsp3) is 0.150. The number of aromatic nitrogens is 2. The number of H-pyrrole nitrogens is 1. The van der Waals surface area contributed by atoms with Crippen LogP contribution in [-0.2, 0) is 6.18 Å². The third kappa shape index (κ3) is 2.47. The molecule has 4 rings (SSSR count). The van der Waals surface area contributed by atoms with Crippen molar-refractivity contribution >= 4 is 21.8 Å². The van der Waals surface area contributed by atoms with Crippen LogP contribution < -0.4 is 0 Å². The number of nitrogens with one attached hydrogen (secondary N) is 1. The first-order valence-electron chi connectivity index (χ1n) is 7.90. The van der Waals surface area contributed by atoms with Crippen LogP contribution in [0, 0.1) is 13.8 Å². The number of rotatable bonds is 1. The highest BCUT2D eigenvalue weighted by Crippen LogP contribution is 2.40. The number of alkyl halides is 3. The largest absolute Gasteiger partial charge is 0.418 e. The lowest BCUT2D eigenvalue weighted by Crippen LogP contribution is -2.06. The van der Waals surface area contributed by atoms with Crippen LogP contribution in [0.3, 0.4) is 0 Å². The minimum Gasteiger partial charge on any atom is -0.358 e. The van der Waals surface area contributed by atoms with Crippen molar-refractivity contribution in [1.82, 2.24) is 9.97 Å². The number of nitrogens with zero attached hydrogens (tertiary/aromatic N) is 1. The zero-order valence-electron chi connectivity index (χ0n) is 13.7. The lowest BCUT2D eigenvalue weighted by Gasteiger charge is -2.12. The van der Waals surface area contributed by atoms with Crippen LogP contribution in [0.2, 0.25) is 0 Å². The second kappa shape index (κ2) is 5.34. The number of aromatic amines is 1. The number of halogens is 3. The molecule has 2 aromatic heterocycles. The van der Waals surface area contributed by atoms with Gasteiger partial charge in [0.2, 0.25) is 0 Å². The van der Waals surface area contributed by atoms with Crippen LogP contribution in [-0.4, -0.2) is 9.97 Å². The van der Waals surface area contributed by atoms with Crippen molar-refractivity contribution < 1.29 is 13.2 Å². The predicted octanol–water partition coefficient (Wildman–Crippen LogP) is 6.02. The average Bonchev–Trinajstić information content (AvgIpc) is 2.88. The Hall–Kier alpha value is -2.82. The molecule has 4 aromatic rings. The van der Waals surface area contributed by atoms with E-state index in [9.17, 15) is 13.2 Å². The van der Waals surface area contributed by atoms with E-state index in [1.807, 2.05) is 32.0 Å². The Balaban J connectivity index is 2.10. The third-order valence-electron chi connectivity index (χ3n) is 4.49. The normalized spacial score (nSPS) is 12.2. The molecule has 0 aliphatic carbocycles. The quantitative estimate of drug-likeness (QED) is 0.451. The van der Waals surface area contributed by atoms with E-state index in [2.05, 4.69) is 9.97 Å².